The monoisotopic (exact) mass is 251 g/mol. The Kier molecular flexibility index (Phi) is 4.44. The first-order valence-corrected chi connectivity index (χ1v) is 6.47. The molecule has 1 heterocycles. The Labute approximate surface area is 108 Å². The van der Waals surface area contributed by atoms with Gasteiger partial charge < -0.3 is 19.9 Å². The normalized spacial score (nSPS) is 15.8. The van der Waals surface area contributed by atoms with Crippen LogP contribution in [0.1, 0.15) is 31.9 Å². The zero-order valence-corrected chi connectivity index (χ0v) is 11.0. The van der Waals surface area contributed by atoms with Crippen LogP contribution in [0.4, 0.5) is 0 Å². The van der Waals surface area contributed by atoms with Crippen molar-refractivity contribution in [3.63, 3.8) is 0 Å². The third-order valence-corrected chi connectivity index (χ3v) is 2.92. The van der Waals surface area contributed by atoms with Gasteiger partial charge in [0.1, 0.15) is 13.2 Å². The van der Waals surface area contributed by atoms with E-state index in [2.05, 4.69) is 19.2 Å². The van der Waals surface area contributed by atoms with E-state index in [0.717, 1.165) is 17.1 Å². The van der Waals surface area contributed by atoms with Crippen LogP contribution in [0, 0.1) is 0 Å². The Morgan fingerprint density at radius 3 is 2.61 bits per heavy atom. The van der Waals surface area contributed by atoms with Gasteiger partial charge in [-0.2, -0.15) is 0 Å². The first-order valence-electron chi connectivity index (χ1n) is 6.47. The summed E-state index contributed by atoms with van der Waals surface area (Å²) < 4.78 is 11.1. The van der Waals surface area contributed by atoms with Gasteiger partial charge in [-0.25, -0.2) is 0 Å². The molecular formula is C14H21NO3. The largest absolute Gasteiger partial charge is 0.486 e. The first-order chi connectivity index (χ1) is 8.70. The van der Waals surface area contributed by atoms with Crippen LogP contribution in [0.15, 0.2) is 18.2 Å². The summed E-state index contributed by atoms with van der Waals surface area (Å²) in [6, 6.07) is 6.49. The molecule has 1 unspecified atom stereocenters. The molecule has 4 nitrogen and oxygen atoms in total. The summed E-state index contributed by atoms with van der Waals surface area (Å²) in [4.78, 5) is 0. The predicted molar refractivity (Wildman–Crippen MR) is 70.1 cm³/mol. The fourth-order valence-electron chi connectivity index (χ4n) is 2.15. The Morgan fingerprint density at radius 2 is 1.94 bits per heavy atom. The Bertz CT molecular complexity index is 393. The molecule has 18 heavy (non-hydrogen) atoms. The maximum Gasteiger partial charge on any atom is 0.161 e. The lowest BCUT2D eigenvalue weighted by Gasteiger charge is -2.24. The van der Waals surface area contributed by atoms with Gasteiger partial charge in [0.2, 0.25) is 0 Å². The number of nitrogens with one attached hydrogen (secondary N) is 1. The van der Waals surface area contributed by atoms with Crippen LogP contribution in [0.3, 0.4) is 0 Å². The highest BCUT2D eigenvalue weighted by Gasteiger charge is 2.17. The summed E-state index contributed by atoms with van der Waals surface area (Å²) in [5.41, 5.74) is 1.13. The van der Waals surface area contributed by atoms with Gasteiger partial charge in [-0.15, -0.1) is 0 Å². The fourth-order valence-corrected chi connectivity index (χ4v) is 2.15. The number of aliphatic hydroxyl groups is 1. The summed E-state index contributed by atoms with van der Waals surface area (Å²) in [6.45, 7) is 5.57. The average molecular weight is 251 g/mol. The molecule has 2 N–H and O–H groups in total. The van der Waals surface area contributed by atoms with Crippen molar-refractivity contribution in [2.75, 3.05) is 19.8 Å². The lowest BCUT2D eigenvalue weighted by atomic mass is 10.0. The average Bonchev–Trinajstić information content (AvgIpc) is 2.37. The minimum absolute atomic E-state index is 0.144. The van der Waals surface area contributed by atoms with Crippen LogP contribution in [0.5, 0.6) is 11.5 Å². The van der Waals surface area contributed by atoms with Crippen LogP contribution in [-0.2, 0) is 0 Å². The smallest absolute Gasteiger partial charge is 0.161 e. The number of aliphatic hydroxyl groups excluding tert-OH is 1. The van der Waals surface area contributed by atoms with Gasteiger partial charge in [0.25, 0.3) is 0 Å². The lowest BCUT2D eigenvalue weighted by molar-refractivity contribution is 0.171. The molecule has 0 saturated heterocycles. The lowest BCUT2D eigenvalue weighted by Crippen LogP contribution is -2.29. The summed E-state index contributed by atoms with van der Waals surface area (Å²) in [5.74, 6) is 1.60. The van der Waals surface area contributed by atoms with Crippen LogP contribution < -0.4 is 14.8 Å². The highest BCUT2D eigenvalue weighted by atomic mass is 16.6. The van der Waals surface area contributed by atoms with Gasteiger partial charge in [0.15, 0.2) is 11.5 Å². The Balaban J connectivity index is 2.18. The molecule has 0 radical (unpaired) electrons. The third-order valence-electron chi connectivity index (χ3n) is 2.92. The molecule has 1 aliphatic heterocycles. The number of benzene rings is 1. The second-order valence-electron chi connectivity index (χ2n) is 4.79. The second kappa shape index (κ2) is 6.07. The topological polar surface area (TPSA) is 50.7 Å². The zero-order chi connectivity index (χ0) is 13.0. The van der Waals surface area contributed by atoms with E-state index in [1.54, 1.807) is 0 Å². The summed E-state index contributed by atoms with van der Waals surface area (Å²) in [6.07, 6.45) is 0.692. The van der Waals surface area contributed by atoms with Gasteiger partial charge in [-0.1, -0.05) is 19.9 Å². The van der Waals surface area contributed by atoms with Crippen molar-refractivity contribution in [3.8, 4) is 11.5 Å². The van der Waals surface area contributed by atoms with E-state index in [0.29, 0.717) is 25.7 Å². The van der Waals surface area contributed by atoms with Crippen molar-refractivity contribution < 1.29 is 14.6 Å². The maximum atomic E-state index is 9.15. The molecule has 2 rings (SSSR count). The quantitative estimate of drug-likeness (QED) is 0.839. The Hall–Kier alpha value is -1.26. The number of hydrogen-bond donors (Lipinski definition) is 2. The van der Waals surface area contributed by atoms with Gasteiger partial charge in [0.05, 0.1) is 0 Å². The van der Waals surface area contributed by atoms with E-state index in [4.69, 9.17) is 14.6 Å². The van der Waals surface area contributed by atoms with Crippen molar-refractivity contribution in [2.45, 2.75) is 32.4 Å². The first kappa shape index (κ1) is 13.2. The van der Waals surface area contributed by atoms with E-state index >= 15 is 0 Å². The van der Waals surface area contributed by atoms with Gasteiger partial charge in [-0.3, -0.25) is 0 Å². The molecule has 0 bridgehead atoms. The highest BCUT2D eigenvalue weighted by Crippen LogP contribution is 2.33. The van der Waals surface area contributed by atoms with Crippen LogP contribution >= 0.6 is 0 Å². The van der Waals surface area contributed by atoms with Gasteiger partial charge in [-0.05, 0) is 24.1 Å². The number of rotatable bonds is 5. The van der Waals surface area contributed by atoms with E-state index in [-0.39, 0.29) is 12.6 Å². The van der Waals surface area contributed by atoms with Crippen molar-refractivity contribution in [2.24, 2.45) is 0 Å². The molecule has 1 atom stereocenters. The molecule has 0 aromatic heterocycles. The summed E-state index contributed by atoms with van der Waals surface area (Å²) in [5, 5.41) is 12.6. The van der Waals surface area contributed by atoms with Crippen LogP contribution in [0.25, 0.3) is 0 Å². The van der Waals surface area contributed by atoms with Crippen molar-refractivity contribution >= 4 is 0 Å². The van der Waals surface area contributed by atoms with E-state index in [1.165, 1.54) is 0 Å². The molecule has 0 spiro atoms. The van der Waals surface area contributed by atoms with E-state index in [1.807, 2.05) is 18.2 Å². The molecule has 0 amide bonds. The van der Waals surface area contributed by atoms with Gasteiger partial charge >= 0.3 is 0 Å². The number of fused-ring (bicyclic) bond motifs is 1. The standard InChI is InChI=1S/C14H21NO3/c1-10(2)15-12(5-6-16)11-3-4-13-14(9-11)18-8-7-17-13/h3-4,9-10,12,15-16H,5-8H2,1-2H3. The molecule has 1 aliphatic rings. The maximum absolute atomic E-state index is 9.15. The molecule has 1 aromatic rings. The molecule has 0 aliphatic carbocycles. The van der Waals surface area contributed by atoms with Crippen molar-refractivity contribution in [1.82, 2.24) is 5.32 Å². The number of ether oxygens (including phenoxy) is 2. The predicted octanol–water partition coefficient (Wildman–Crippen LogP) is 1.88. The highest BCUT2D eigenvalue weighted by molar-refractivity contribution is 5.44. The van der Waals surface area contributed by atoms with Crippen LogP contribution in [-0.4, -0.2) is 31.0 Å². The zero-order valence-electron chi connectivity index (χ0n) is 11.0. The second-order valence-corrected chi connectivity index (χ2v) is 4.79. The fraction of sp³-hybridized carbons (Fsp3) is 0.571. The van der Waals surface area contributed by atoms with E-state index in [9.17, 15) is 0 Å². The minimum Gasteiger partial charge on any atom is -0.486 e. The molecule has 0 fully saturated rings. The molecule has 1 aromatic carbocycles. The Morgan fingerprint density at radius 1 is 1.22 bits per heavy atom. The number of hydrogen-bond acceptors (Lipinski definition) is 4. The van der Waals surface area contributed by atoms with Crippen molar-refractivity contribution in [3.05, 3.63) is 23.8 Å². The molecule has 4 heteroatoms. The van der Waals surface area contributed by atoms with Crippen LogP contribution in [0.2, 0.25) is 0 Å². The summed E-state index contributed by atoms with van der Waals surface area (Å²) >= 11 is 0. The van der Waals surface area contributed by atoms with Crippen molar-refractivity contribution in [1.29, 1.82) is 0 Å². The SMILES string of the molecule is CC(C)NC(CCO)c1ccc2c(c1)OCCO2. The minimum atomic E-state index is 0.144. The molecule has 0 saturated carbocycles. The van der Waals surface area contributed by atoms with E-state index < -0.39 is 0 Å². The van der Waals surface area contributed by atoms with Gasteiger partial charge in [0, 0.05) is 18.7 Å². The molecular weight excluding hydrogens is 230 g/mol. The third kappa shape index (κ3) is 3.15. The molecule has 100 valence electrons. The summed E-state index contributed by atoms with van der Waals surface area (Å²) in [7, 11) is 0.